The first-order chi connectivity index (χ1) is 11.4. The van der Waals surface area contributed by atoms with E-state index in [0.717, 1.165) is 17.7 Å². The molecule has 0 fully saturated rings. The smallest absolute Gasteiger partial charge is 0.306 e. The molecule has 0 saturated heterocycles. The Morgan fingerprint density at radius 2 is 1.50 bits per heavy atom. The van der Waals surface area contributed by atoms with Crippen LogP contribution in [0.15, 0.2) is 54.6 Å². The van der Waals surface area contributed by atoms with Crippen LogP contribution in [0, 0.1) is 0 Å². The number of hydrogen-bond acceptors (Lipinski definition) is 2. The second kappa shape index (κ2) is 7.49. The number of urea groups is 1. The average Bonchev–Trinajstić information content (AvgIpc) is 2.53. The number of rotatable bonds is 3. The number of alkyl halides is 3. The highest BCUT2D eigenvalue weighted by molar-refractivity contribution is 5.92. The van der Waals surface area contributed by atoms with Crippen LogP contribution in [0.3, 0.4) is 0 Å². The molecule has 0 heterocycles. The Hall–Kier alpha value is -3.03. The third kappa shape index (κ3) is 5.01. The number of amides is 3. The van der Waals surface area contributed by atoms with Gasteiger partial charge in [-0.3, -0.25) is 10.2 Å². The second-order valence-electron chi connectivity index (χ2n) is 4.83. The normalized spacial score (nSPS) is 10.8. The van der Waals surface area contributed by atoms with Crippen molar-refractivity contribution < 1.29 is 22.8 Å². The molecule has 0 saturated carbocycles. The number of hydrogen-bond donors (Lipinski definition) is 3. The first-order valence-corrected chi connectivity index (χ1v) is 6.92. The Morgan fingerprint density at radius 1 is 0.875 bits per heavy atom. The van der Waals surface area contributed by atoms with Crippen molar-refractivity contribution in [2.45, 2.75) is 12.6 Å². The summed E-state index contributed by atoms with van der Waals surface area (Å²) in [5.41, 5.74) is 3.50. The van der Waals surface area contributed by atoms with Gasteiger partial charge in [-0.25, -0.2) is 10.2 Å². The molecule has 0 aliphatic heterocycles. The van der Waals surface area contributed by atoms with Crippen molar-refractivity contribution >= 4 is 17.6 Å². The predicted molar refractivity (Wildman–Crippen MR) is 81.9 cm³/mol. The fourth-order valence-corrected chi connectivity index (χ4v) is 1.94. The van der Waals surface area contributed by atoms with Gasteiger partial charge in [0.05, 0.1) is 17.7 Å². The van der Waals surface area contributed by atoms with Gasteiger partial charge in [-0.2, -0.15) is 13.2 Å². The summed E-state index contributed by atoms with van der Waals surface area (Å²) in [4.78, 5) is 23.3. The summed E-state index contributed by atoms with van der Waals surface area (Å²) >= 11 is 0. The summed E-state index contributed by atoms with van der Waals surface area (Å²) in [7, 11) is 0. The fourth-order valence-electron chi connectivity index (χ4n) is 1.94. The van der Waals surface area contributed by atoms with Gasteiger partial charge in [-0.05, 0) is 17.7 Å². The highest BCUT2D eigenvalue weighted by Crippen LogP contribution is 2.34. The van der Waals surface area contributed by atoms with Gasteiger partial charge in [0.25, 0.3) is 0 Å². The summed E-state index contributed by atoms with van der Waals surface area (Å²) in [6.07, 6.45) is -4.57. The molecule has 3 amide bonds. The molecule has 0 aliphatic rings. The van der Waals surface area contributed by atoms with Crippen LogP contribution in [0.4, 0.5) is 23.7 Å². The zero-order chi connectivity index (χ0) is 17.6. The summed E-state index contributed by atoms with van der Waals surface area (Å²) in [6, 6.07) is 12.4. The number of carbonyl (C=O) groups is 2. The van der Waals surface area contributed by atoms with Crippen LogP contribution in [0.1, 0.15) is 11.1 Å². The molecule has 2 rings (SSSR count). The number of nitrogens with one attached hydrogen (secondary N) is 3. The van der Waals surface area contributed by atoms with Crippen molar-refractivity contribution in [1.82, 2.24) is 10.9 Å². The van der Waals surface area contributed by atoms with E-state index < -0.39 is 29.4 Å². The van der Waals surface area contributed by atoms with Crippen LogP contribution >= 0.6 is 0 Å². The lowest BCUT2D eigenvalue weighted by atomic mass is 10.1. The largest absolute Gasteiger partial charge is 0.418 e. The van der Waals surface area contributed by atoms with E-state index in [4.69, 9.17) is 0 Å². The summed E-state index contributed by atoms with van der Waals surface area (Å²) < 4.78 is 38.4. The molecule has 0 atom stereocenters. The monoisotopic (exact) mass is 337 g/mol. The van der Waals surface area contributed by atoms with Crippen LogP contribution in [0.2, 0.25) is 0 Å². The maximum absolute atomic E-state index is 12.8. The van der Waals surface area contributed by atoms with Gasteiger partial charge < -0.3 is 5.32 Å². The standard InChI is InChI=1S/C16H14F3N3O2/c17-16(18,19)12-8-4-5-9-13(12)20-15(24)22-21-14(23)10-11-6-2-1-3-7-11/h1-9H,10H2,(H,21,23)(H2,20,22,24). The van der Waals surface area contributed by atoms with E-state index in [9.17, 15) is 22.8 Å². The highest BCUT2D eigenvalue weighted by atomic mass is 19.4. The Kier molecular flexibility index (Phi) is 5.41. The van der Waals surface area contributed by atoms with Gasteiger partial charge in [0.2, 0.25) is 5.91 Å². The molecule has 126 valence electrons. The molecule has 0 radical (unpaired) electrons. The number of benzene rings is 2. The van der Waals surface area contributed by atoms with E-state index in [1.54, 1.807) is 30.3 Å². The van der Waals surface area contributed by atoms with Crippen LogP contribution in [0.5, 0.6) is 0 Å². The van der Waals surface area contributed by atoms with Crippen molar-refractivity contribution in [3.8, 4) is 0 Å². The molecule has 0 bridgehead atoms. The molecule has 8 heteroatoms. The number of anilines is 1. The third-order valence-electron chi connectivity index (χ3n) is 3.00. The van der Waals surface area contributed by atoms with E-state index in [-0.39, 0.29) is 6.42 Å². The van der Waals surface area contributed by atoms with Crippen molar-refractivity contribution in [2.24, 2.45) is 0 Å². The molecule has 0 aromatic heterocycles. The van der Waals surface area contributed by atoms with Gasteiger partial charge in [0, 0.05) is 0 Å². The Balaban J connectivity index is 1.89. The minimum atomic E-state index is -4.60. The second-order valence-corrected chi connectivity index (χ2v) is 4.83. The Bertz CT molecular complexity index is 718. The number of carbonyl (C=O) groups excluding carboxylic acids is 2. The zero-order valence-corrected chi connectivity index (χ0v) is 12.4. The molecule has 24 heavy (non-hydrogen) atoms. The van der Waals surface area contributed by atoms with Crippen LogP contribution in [0.25, 0.3) is 0 Å². The lowest BCUT2D eigenvalue weighted by Gasteiger charge is -2.14. The Labute approximate surface area is 135 Å². The van der Waals surface area contributed by atoms with Gasteiger partial charge in [-0.1, -0.05) is 42.5 Å². The molecule has 3 N–H and O–H groups in total. The first-order valence-electron chi connectivity index (χ1n) is 6.92. The zero-order valence-electron chi connectivity index (χ0n) is 12.4. The molecule has 0 aliphatic carbocycles. The van der Waals surface area contributed by atoms with Gasteiger partial charge in [-0.15, -0.1) is 0 Å². The van der Waals surface area contributed by atoms with Crippen LogP contribution < -0.4 is 16.2 Å². The molecule has 0 unspecified atom stereocenters. The van der Waals surface area contributed by atoms with E-state index >= 15 is 0 Å². The van der Waals surface area contributed by atoms with Crippen molar-refractivity contribution in [2.75, 3.05) is 5.32 Å². The SMILES string of the molecule is O=C(Cc1ccccc1)NNC(=O)Nc1ccccc1C(F)(F)F. The Morgan fingerprint density at radius 3 is 2.17 bits per heavy atom. The molecular formula is C16H14F3N3O2. The fraction of sp³-hybridized carbons (Fsp3) is 0.125. The van der Waals surface area contributed by atoms with Crippen molar-refractivity contribution in [3.63, 3.8) is 0 Å². The van der Waals surface area contributed by atoms with E-state index in [2.05, 4.69) is 10.7 Å². The number of para-hydroxylation sites is 1. The lowest BCUT2D eigenvalue weighted by Crippen LogP contribution is -2.44. The van der Waals surface area contributed by atoms with E-state index in [1.165, 1.54) is 12.1 Å². The summed E-state index contributed by atoms with van der Waals surface area (Å²) in [5, 5.41) is 2.05. The molecule has 5 nitrogen and oxygen atoms in total. The maximum Gasteiger partial charge on any atom is 0.418 e. The van der Waals surface area contributed by atoms with Gasteiger partial charge in [0.1, 0.15) is 0 Å². The summed E-state index contributed by atoms with van der Waals surface area (Å²) in [6.45, 7) is 0. The summed E-state index contributed by atoms with van der Waals surface area (Å²) in [5.74, 6) is -0.500. The average molecular weight is 337 g/mol. The topological polar surface area (TPSA) is 70.2 Å². The van der Waals surface area contributed by atoms with Crippen molar-refractivity contribution in [3.05, 3.63) is 65.7 Å². The molecule has 2 aromatic rings. The third-order valence-corrected chi connectivity index (χ3v) is 3.00. The van der Waals surface area contributed by atoms with Gasteiger partial charge >= 0.3 is 12.2 Å². The highest BCUT2D eigenvalue weighted by Gasteiger charge is 2.33. The number of hydrazine groups is 1. The predicted octanol–water partition coefficient (Wildman–Crippen LogP) is 3.10. The van der Waals surface area contributed by atoms with Crippen LogP contribution in [-0.4, -0.2) is 11.9 Å². The first kappa shape index (κ1) is 17.3. The number of halogens is 3. The van der Waals surface area contributed by atoms with Crippen LogP contribution in [-0.2, 0) is 17.4 Å². The molecule has 2 aromatic carbocycles. The van der Waals surface area contributed by atoms with Gasteiger partial charge in [0.15, 0.2) is 0 Å². The minimum absolute atomic E-state index is 0.0280. The minimum Gasteiger partial charge on any atom is -0.306 e. The maximum atomic E-state index is 12.8. The van der Waals surface area contributed by atoms with Crippen molar-refractivity contribution in [1.29, 1.82) is 0 Å². The van der Waals surface area contributed by atoms with E-state index in [0.29, 0.717) is 0 Å². The van der Waals surface area contributed by atoms with E-state index in [1.807, 2.05) is 5.43 Å². The quantitative estimate of drug-likeness (QED) is 0.753. The lowest BCUT2D eigenvalue weighted by molar-refractivity contribution is -0.137. The molecule has 0 spiro atoms. The molecular weight excluding hydrogens is 323 g/mol.